The molecule has 1 unspecified atom stereocenters. The van der Waals surface area contributed by atoms with E-state index in [4.69, 9.17) is 39.6 Å². The highest BCUT2D eigenvalue weighted by atomic mass is 35.5. The van der Waals surface area contributed by atoms with Crippen LogP contribution in [-0.2, 0) is 24.5 Å². The van der Waals surface area contributed by atoms with Crippen LogP contribution in [0.15, 0.2) is 18.3 Å². The summed E-state index contributed by atoms with van der Waals surface area (Å²) in [5.41, 5.74) is -1.66. The third kappa shape index (κ3) is 5.53. The molecular formula is C17H16Cl3F4N3O2. The van der Waals surface area contributed by atoms with Gasteiger partial charge in [0.15, 0.2) is 5.69 Å². The first-order valence-corrected chi connectivity index (χ1v) is 9.30. The molecule has 12 heteroatoms. The highest BCUT2D eigenvalue weighted by Gasteiger charge is 2.41. The van der Waals surface area contributed by atoms with Gasteiger partial charge in [0.25, 0.3) is 5.91 Å². The van der Waals surface area contributed by atoms with Crippen molar-refractivity contribution in [3.8, 4) is 0 Å². The van der Waals surface area contributed by atoms with Gasteiger partial charge in [0.05, 0.1) is 18.7 Å². The zero-order valence-electron chi connectivity index (χ0n) is 15.2. The van der Waals surface area contributed by atoms with Gasteiger partial charge in [0, 0.05) is 28.3 Å². The van der Waals surface area contributed by atoms with Gasteiger partial charge < -0.3 is 0 Å². The number of aryl methyl sites for hydroxylation is 1. The molecule has 1 atom stereocenters. The lowest BCUT2D eigenvalue weighted by Gasteiger charge is -2.27. The molecule has 2 rings (SSSR count). The first-order chi connectivity index (χ1) is 13.5. The largest absolute Gasteiger partial charge is 0.435 e. The fourth-order valence-electron chi connectivity index (χ4n) is 2.75. The van der Waals surface area contributed by atoms with Crippen molar-refractivity contribution < 1.29 is 27.2 Å². The van der Waals surface area contributed by atoms with Crippen molar-refractivity contribution in [3.63, 3.8) is 0 Å². The van der Waals surface area contributed by atoms with Crippen LogP contribution in [0, 0.1) is 0 Å². The number of rotatable bonds is 7. The predicted molar refractivity (Wildman–Crippen MR) is 101 cm³/mol. The van der Waals surface area contributed by atoms with Crippen molar-refractivity contribution in [1.29, 1.82) is 0 Å². The number of benzene rings is 1. The summed E-state index contributed by atoms with van der Waals surface area (Å²) in [6, 6.07) is 1.73. The van der Waals surface area contributed by atoms with Crippen LogP contribution in [0.25, 0.3) is 0 Å². The van der Waals surface area contributed by atoms with E-state index in [1.165, 1.54) is 19.2 Å². The number of hydroxylamine groups is 2. The number of carbonyl (C=O) groups is 1. The normalized spacial score (nSPS) is 12.9. The quantitative estimate of drug-likeness (QED) is 0.398. The van der Waals surface area contributed by atoms with E-state index in [-0.39, 0.29) is 22.9 Å². The Balaban J connectivity index is 2.27. The van der Waals surface area contributed by atoms with Crippen molar-refractivity contribution in [3.05, 3.63) is 50.2 Å². The molecular weight excluding hydrogens is 461 g/mol. The molecule has 0 fully saturated rings. The van der Waals surface area contributed by atoms with E-state index in [1.54, 1.807) is 0 Å². The lowest BCUT2D eigenvalue weighted by atomic mass is 10.0. The second-order valence-electron chi connectivity index (χ2n) is 6.07. The van der Waals surface area contributed by atoms with Crippen molar-refractivity contribution in [2.75, 3.05) is 13.8 Å². The smallest absolute Gasteiger partial charge is 0.274 e. The third-order valence-electron chi connectivity index (χ3n) is 4.07. The topological polar surface area (TPSA) is 47.4 Å². The molecule has 0 radical (unpaired) electrons. The Labute approximate surface area is 179 Å². The Morgan fingerprint density at radius 2 is 1.86 bits per heavy atom. The average Bonchev–Trinajstić information content (AvgIpc) is 3.01. The molecule has 0 spiro atoms. The third-order valence-corrected chi connectivity index (χ3v) is 4.96. The number of halogens is 7. The van der Waals surface area contributed by atoms with E-state index >= 15 is 0 Å². The highest BCUT2D eigenvalue weighted by Crippen LogP contribution is 2.33. The van der Waals surface area contributed by atoms with Gasteiger partial charge in [-0.3, -0.25) is 14.3 Å². The molecule has 0 aliphatic heterocycles. The van der Waals surface area contributed by atoms with E-state index in [0.717, 1.165) is 18.0 Å². The van der Waals surface area contributed by atoms with Crippen LogP contribution in [-0.4, -0.2) is 40.6 Å². The fraction of sp³-hybridized carbons (Fsp3) is 0.412. The van der Waals surface area contributed by atoms with Gasteiger partial charge in [-0.25, -0.2) is 9.45 Å². The van der Waals surface area contributed by atoms with Crippen molar-refractivity contribution in [1.82, 2.24) is 14.8 Å². The molecule has 0 N–H and O–H groups in total. The number of hydrogen-bond acceptors (Lipinski definition) is 3. The molecule has 160 valence electrons. The Kier molecular flexibility index (Phi) is 7.78. The number of alkyl halides is 4. The molecule has 0 saturated carbocycles. The maximum atomic E-state index is 13.7. The summed E-state index contributed by atoms with van der Waals surface area (Å²) in [6.45, 7) is -1.07. The van der Waals surface area contributed by atoms with Gasteiger partial charge in [-0.05, 0) is 30.5 Å². The first-order valence-electron chi connectivity index (χ1n) is 8.17. The van der Waals surface area contributed by atoms with Crippen LogP contribution in [0.1, 0.15) is 28.0 Å². The van der Waals surface area contributed by atoms with Crippen LogP contribution in [0.2, 0.25) is 15.1 Å². The molecule has 0 bridgehead atoms. The first kappa shape index (κ1) is 23.7. The van der Waals surface area contributed by atoms with Crippen LogP contribution in [0.3, 0.4) is 0 Å². The van der Waals surface area contributed by atoms with E-state index in [1.807, 2.05) is 0 Å². The minimum Gasteiger partial charge on any atom is -0.274 e. The number of carbonyl (C=O) groups excluding carboxylic acids is 1. The van der Waals surface area contributed by atoms with Gasteiger partial charge in [0.2, 0.25) is 0 Å². The molecule has 1 aromatic carbocycles. The molecule has 1 heterocycles. The van der Waals surface area contributed by atoms with E-state index in [9.17, 15) is 22.4 Å². The maximum Gasteiger partial charge on any atom is 0.435 e. The van der Waals surface area contributed by atoms with Crippen LogP contribution >= 0.6 is 34.8 Å². The van der Waals surface area contributed by atoms with Gasteiger partial charge in [0.1, 0.15) is 6.67 Å². The molecule has 5 nitrogen and oxygen atoms in total. The molecule has 0 saturated heterocycles. The van der Waals surface area contributed by atoms with Gasteiger partial charge >= 0.3 is 6.18 Å². The number of amides is 1. The zero-order chi connectivity index (χ0) is 21.9. The van der Waals surface area contributed by atoms with Gasteiger partial charge in [-0.15, -0.1) is 0 Å². The highest BCUT2D eigenvalue weighted by molar-refractivity contribution is 6.39. The van der Waals surface area contributed by atoms with E-state index < -0.39 is 36.1 Å². The predicted octanol–water partition coefficient (Wildman–Crippen LogP) is 5.37. The summed E-state index contributed by atoms with van der Waals surface area (Å²) < 4.78 is 54.0. The lowest BCUT2D eigenvalue weighted by molar-refractivity contribution is -0.144. The van der Waals surface area contributed by atoms with Crippen molar-refractivity contribution in [2.24, 2.45) is 7.05 Å². The Bertz CT molecular complexity index is 866. The van der Waals surface area contributed by atoms with Gasteiger partial charge in [-0.1, -0.05) is 34.8 Å². The van der Waals surface area contributed by atoms with E-state index in [0.29, 0.717) is 15.6 Å². The zero-order valence-corrected chi connectivity index (χ0v) is 17.5. The average molecular weight is 477 g/mol. The minimum atomic E-state index is -4.86. The van der Waals surface area contributed by atoms with Crippen LogP contribution < -0.4 is 0 Å². The Hall–Kier alpha value is -1.55. The number of aromatic nitrogens is 2. The number of hydrogen-bond donors (Lipinski definition) is 0. The molecule has 0 aliphatic rings. The van der Waals surface area contributed by atoms with Gasteiger partial charge in [-0.2, -0.15) is 18.3 Å². The lowest BCUT2D eigenvalue weighted by Crippen LogP contribution is -2.41. The molecule has 1 amide bonds. The summed E-state index contributed by atoms with van der Waals surface area (Å²) in [5, 5.41) is 4.66. The molecule has 0 aliphatic carbocycles. The molecule has 1 aromatic heterocycles. The standard InChI is InChI=1S/C17H16Cl3F4N3O2/c1-26-8-12(15(25-26)17(22,23)24)16(28)27(29-2)10(7-21)3-4-11-13(19)5-9(18)6-14(11)20/h5-6,8,10H,3-4,7H2,1-2H3. The molecule has 2 aromatic rings. The fourth-order valence-corrected chi connectivity index (χ4v) is 3.76. The summed E-state index contributed by atoms with van der Waals surface area (Å²) in [5.74, 6) is -1.16. The van der Waals surface area contributed by atoms with Crippen LogP contribution in [0.5, 0.6) is 0 Å². The SMILES string of the molecule is CON(C(=O)c1cn(C)nc1C(F)(F)F)C(CF)CCc1c(Cl)cc(Cl)cc1Cl. The summed E-state index contributed by atoms with van der Waals surface area (Å²) in [6.07, 6.45) is -3.84. The molecule has 29 heavy (non-hydrogen) atoms. The van der Waals surface area contributed by atoms with E-state index in [2.05, 4.69) is 5.10 Å². The Morgan fingerprint density at radius 1 is 1.28 bits per heavy atom. The maximum absolute atomic E-state index is 13.7. The Morgan fingerprint density at radius 3 is 2.34 bits per heavy atom. The minimum absolute atomic E-state index is 0.0151. The summed E-state index contributed by atoms with van der Waals surface area (Å²) in [4.78, 5) is 17.6. The van der Waals surface area contributed by atoms with Crippen molar-refractivity contribution in [2.45, 2.75) is 25.1 Å². The van der Waals surface area contributed by atoms with Crippen LogP contribution in [0.4, 0.5) is 17.6 Å². The van der Waals surface area contributed by atoms with Crippen molar-refractivity contribution >= 4 is 40.7 Å². The monoisotopic (exact) mass is 475 g/mol. The second kappa shape index (κ2) is 9.51. The second-order valence-corrected chi connectivity index (χ2v) is 7.32. The summed E-state index contributed by atoms with van der Waals surface area (Å²) >= 11 is 18.0. The number of nitrogens with zero attached hydrogens (tertiary/aromatic N) is 3. The summed E-state index contributed by atoms with van der Waals surface area (Å²) in [7, 11) is 2.30.